The summed E-state index contributed by atoms with van der Waals surface area (Å²) in [6.07, 6.45) is 3.00. The van der Waals surface area contributed by atoms with Crippen molar-refractivity contribution >= 4 is 35.8 Å². The molecule has 1 saturated carbocycles. The normalized spacial score (nSPS) is 13.6. The number of nitrogens with zero attached hydrogens (tertiary/aromatic N) is 1. The summed E-state index contributed by atoms with van der Waals surface area (Å²) in [5, 5.41) is 9.36. The monoisotopic (exact) mass is 460 g/mol. The molecule has 6 nitrogen and oxygen atoms in total. The van der Waals surface area contributed by atoms with E-state index >= 15 is 0 Å². The maximum absolute atomic E-state index is 11.7. The summed E-state index contributed by atoms with van der Waals surface area (Å²) in [6.45, 7) is 5.70. The highest BCUT2D eigenvalue weighted by molar-refractivity contribution is 14.0. The minimum absolute atomic E-state index is 0. The Balaban J connectivity index is 0.00000312. The molecule has 0 aliphatic heterocycles. The SMILES string of the molecule is CCNC(=NCC(=O)NC1CC1)NCCc1cc(C)ccc1OC.I. The minimum Gasteiger partial charge on any atom is -0.496 e. The topological polar surface area (TPSA) is 74.8 Å². The van der Waals surface area contributed by atoms with Gasteiger partial charge in [0.15, 0.2) is 5.96 Å². The van der Waals surface area contributed by atoms with Gasteiger partial charge in [0.1, 0.15) is 12.3 Å². The molecule has 1 aromatic rings. The van der Waals surface area contributed by atoms with E-state index in [0.717, 1.165) is 43.7 Å². The lowest BCUT2D eigenvalue weighted by atomic mass is 10.1. The summed E-state index contributed by atoms with van der Waals surface area (Å²) < 4.78 is 5.40. The van der Waals surface area contributed by atoms with E-state index in [9.17, 15) is 4.79 Å². The minimum atomic E-state index is -0.0185. The number of methoxy groups -OCH3 is 1. The highest BCUT2D eigenvalue weighted by Gasteiger charge is 2.22. The third-order valence-corrected chi connectivity index (χ3v) is 3.79. The molecule has 3 N–H and O–H groups in total. The average Bonchev–Trinajstić information content (AvgIpc) is 3.37. The Labute approximate surface area is 167 Å². The van der Waals surface area contributed by atoms with Crippen LogP contribution in [-0.2, 0) is 11.2 Å². The second kappa shape index (κ2) is 11.2. The van der Waals surface area contributed by atoms with Crippen molar-refractivity contribution in [1.29, 1.82) is 0 Å². The van der Waals surface area contributed by atoms with Crippen LogP contribution in [0.3, 0.4) is 0 Å². The van der Waals surface area contributed by atoms with E-state index in [-0.39, 0.29) is 36.4 Å². The van der Waals surface area contributed by atoms with Crippen molar-refractivity contribution in [2.45, 2.75) is 39.2 Å². The number of guanidine groups is 1. The van der Waals surface area contributed by atoms with Crippen LogP contribution in [0.1, 0.15) is 30.9 Å². The van der Waals surface area contributed by atoms with Crippen molar-refractivity contribution < 1.29 is 9.53 Å². The number of benzene rings is 1. The first-order valence-electron chi connectivity index (χ1n) is 8.57. The number of ether oxygens (including phenoxy) is 1. The van der Waals surface area contributed by atoms with E-state index < -0.39 is 0 Å². The Kier molecular flexibility index (Phi) is 9.62. The zero-order valence-corrected chi connectivity index (χ0v) is 17.6. The Bertz CT molecular complexity index is 588. The molecule has 0 aromatic heterocycles. The number of rotatable bonds is 8. The van der Waals surface area contributed by atoms with Crippen LogP contribution >= 0.6 is 24.0 Å². The maximum atomic E-state index is 11.7. The van der Waals surface area contributed by atoms with E-state index in [4.69, 9.17) is 4.74 Å². The predicted octanol–water partition coefficient (Wildman–Crippen LogP) is 2.00. The van der Waals surface area contributed by atoms with Crippen LogP contribution in [0.25, 0.3) is 0 Å². The molecule has 0 unspecified atom stereocenters. The van der Waals surface area contributed by atoms with Crippen molar-refractivity contribution in [2.75, 3.05) is 26.7 Å². The molecule has 2 rings (SSSR count). The van der Waals surface area contributed by atoms with Crippen LogP contribution in [0.15, 0.2) is 23.2 Å². The first kappa shape index (κ1) is 21.5. The van der Waals surface area contributed by atoms with Gasteiger partial charge in [0.05, 0.1) is 7.11 Å². The number of amides is 1. The van der Waals surface area contributed by atoms with Crippen molar-refractivity contribution in [3.8, 4) is 5.75 Å². The molecule has 0 radical (unpaired) electrons. The van der Waals surface area contributed by atoms with Gasteiger partial charge in [-0.1, -0.05) is 17.7 Å². The Morgan fingerprint density at radius 2 is 2.08 bits per heavy atom. The lowest BCUT2D eigenvalue weighted by Crippen LogP contribution is -2.39. The molecule has 0 atom stereocenters. The van der Waals surface area contributed by atoms with E-state index in [0.29, 0.717) is 12.0 Å². The molecule has 1 fully saturated rings. The smallest absolute Gasteiger partial charge is 0.242 e. The molecule has 25 heavy (non-hydrogen) atoms. The molecule has 1 aliphatic carbocycles. The maximum Gasteiger partial charge on any atom is 0.242 e. The molecule has 0 bridgehead atoms. The van der Waals surface area contributed by atoms with Crippen molar-refractivity contribution in [2.24, 2.45) is 4.99 Å². The second-order valence-corrected chi connectivity index (χ2v) is 6.03. The van der Waals surface area contributed by atoms with Crippen LogP contribution < -0.4 is 20.7 Å². The Morgan fingerprint density at radius 1 is 1.32 bits per heavy atom. The van der Waals surface area contributed by atoms with Gasteiger partial charge in [-0.2, -0.15) is 0 Å². The van der Waals surface area contributed by atoms with Crippen LogP contribution in [0.2, 0.25) is 0 Å². The number of aryl methyl sites for hydroxylation is 1. The van der Waals surface area contributed by atoms with Crippen molar-refractivity contribution in [3.05, 3.63) is 29.3 Å². The molecule has 1 amide bonds. The van der Waals surface area contributed by atoms with E-state index in [1.54, 1.807) is 7.11 Å². The molecule has 0 heterocycles. The summed E-state index contributed by atoms with van der Waals surface area (Å²) in [5.41, 5.74) is 2.37. The van der Waals surface area contributed by atoms with Gasteiger partial charge in [-0.25, -0.2) is 4.99 Å². The van der Waals surface area contributed by atoms with Crippen molar-refractivity contribution in [1.82, 2.24) is 16.0 Å². The lowest BCUT2D eigenvalue weighted by molar-refractivity contribution is -0.119. The first-order valence-corrected chi connectivity index (χ1v) is 8.57. The van der Waals surface area contributed by atoms with Crippen LogP contribution in [0.5, 0.6) is 5.75 Å². The van der Waals surface area contributed by atoms with Gasteiger partial charge in [0, 0.05) is 19.1 Å². The van der Waals surface area contributed by atoms with Crippen LogP contribution in [0, 0.1) is 6.92 Å². The third-order valence-electron chi connectivity index (χ3n) is 3.79. The van der Waals surface area contributed by atoms with Gasteiger partial charge in [0.2, 0.25) is 5.91 Å². The van der Waals surface area contributed by atoms with Gasteiger partial charge < -0.3 is 20.7 Å². The highest BCUT2D eigenvalue weighted by Crippen LogP contribution is 2.19. The number of hydrogen-bond donors (Lipinski definition) is 3. The summed E-state index contributed by atoms with van der Waals surface area (Å²) >= 11 is 0. The average molecular weight is 460 g/mol. The fourth-order valence-corrected chi connectivity index (χ4v) is 2.41. The zero-order chi connectivity index (χ0) is 17.4. The van der Waals surface area contributed by atoms with Crippen molar-refractivity contribution in [3.63, 3.8) is 0 Å². The Hall–Kier alpha value is -1.51. The summed E-state index contributed by atoms with van der Waals surface area (Å²) in [6, 6.07) is 6.54. The van der Waals surface area contributed by atoms with Gasteiger partial charge in [-0.3, -0.25) is 4.79 Å². The zero-order valence-electron chi connectivity index (χ0n) is 15.2. The second-order valence-electron chi connectivity index (χ2n) is 6.03. The number of halogens is 1. The molecular formula is C18H29IN4O2. The summed E-state index contributed by atoms with van der Waals surface area (Å²) in [7, 11) is 1.69. The largest absolute Gasteiger partial charge is 0.496 e. The predicted molar refractivity (Wildman–Crippen MR) is 112 cm³/mol. The van der Waals surface area contributed by atoms with Gasteiger partial charge in [-0.15, -0.1) is 24.0 Å². The molecule has 1 aromatic carbocycles. The van der Waals surface area contributed by atoms with Crippen LogP contribution in [0.4, 0.5) is 0 Å². The molecular weight excluding hydrogens is 431 g/mol. The number of carbonyl (C=O) groups is 1. The van der Waals surface area contributed by atoms with E-state index in [1.807, 2.05) is 19.1 Å². The van der Waals surface area contributed by atoms with E-state index in [2.05, 4.69) is 33.9 Å². The molecule has 1 aliphatic rings. The summed E-state index contributed by atoms with van der Waals surface area (Å²) in [5.74, 6) is 1.54. The number of nitrogens with one attached hydrogen (secondary N) is 3. The fraction of sp³-hybridized carbons (Fsp3) is 0.556. The molecule has 7 heteroatoms. The molecule has 0 saturated heterocycles. The fourth-order valence-electron chi connectivity index (χ4n) is 2.41. The first-order chi connectivity index (χ1) is 11.6. The molecule has 0 spiro atoms. The number of carbonyl (C=O) groups excluding carboxylic acids is 1. The number of hydrogen-bond acceptors (Lipinski definition) is 3. The third kappa shape index (κ3) is 7.94. The summed E-state index contributed by atoms with van der Waals surface area (Å²) in [4.78, 5) is 16.1. The van der Waals surface area contributed by atoms with Crippen LogP contribution in [-0.4, -0.2) is 44.7 Å². The highest BCUT2D eigenvalue weighted by atomic mass is 127. The van der Waals surface area contributed by atoms with Gasteiger partial charge in [-0.05, 0) is 44.7 Å². The van der Waals surface area contributed by atoms with Gasteiger partial charge >= 0.3 is 0 Å². The quantitative estimate of drug-likeness (QED) is 0.315. The number of aliphatic imine (C=N–C) groups is 1. The lowest BCUT2D eigenvalue weighted by Gasteiger charge is -2.13. The van der Waals surface area contributed by atoms with Gasteiger partial charge in [0.25, 0.3) is 0 Å². The standard InChI is InChI=1S/C18H28N4O2.HI/c1-4-19-18(21-12-17(23)22-15-6-7-15)20-10-9-14-11-13(2)5-8-16(14)24-3;/h5,8,11,15H,4,6-7,9-10,12H2,1-3H3,(H,22,23)(H2,19,20,21);1H. The molecule has 140 valence electrons. The van der Waals surface area contributed by atoms with E-state index in [1.165, 1.54) is 5.56 Å². The Morgan fingerprint density at radius 3 is 2.72 bits per heavy atom.